The first kappa shape index (κ1) is 19.7. The van der Waals surface area contributed by atoms with Gasteiger partial charge in [0.25, 0.3) is 0 Å². The van der Waals surface area contributed by atoms with Crippen LogP contribution < -0.4 is 9.80 Å². The van der Waals surface area contributed by atoms with Crippen LogP contribution in [0.15, 0.2) is 28.7 Å². The minimum Gasteiger partial charge on any atom is -0.408 e. The Labute approximate surface area is 171 Å². The van der Waals surface area contributed by atoms with E-state index in [4.69, 9.17) is 9.15 Å². The molecule has 1 aromatic heterocycles. The zero-order valence-corrected chi connectivity index (χ0v) is 17.2. The first-order valence-electron chi connectivity index (χ1n) is 10.4. The number of morpholine rings is 1. The number of aromatic nitrogens is 2. The monoisotopic (exact) mass is 399 g/mol. The van der Waals surface area contributed by atoms with Crippen molar-refractivity contribution in [2.45, 2.75) is 26.2 Å². The highest BCUT2D eigenvalue weighted by Crippen LogP contribution is 2.20. The molecule has 1 amide bonds. The van der Waals surface area contributed by atoms with Crippen molar-refractivity contribution < 1.29 is 13.9 Å². The van der Waals surface area contributed by atoms with Crippen molar-refractivity contribution in [2.24, 2.45) is 0 Å². The first-order valence-corrected chi connectivity index (χ1v) is 10.4. The average molecular weight is 399 g/mol. The van der Waals surface area contributed by atoms with E-state index in [2.05, 4.69) is 44.3 Å². The van der Waals surface area contributed by atoms with Crippen LogP contribution in [0.4, 0.5) is 11.7 Å². The number of amides is 1. The van der Waals surface area contributed by atoms with E-state index in [0.29, 0.717) is 44.5 Å². The summed E-state index contributed by atoms with van der Waals surface area (Å²) in [4.78, 5) is 19.0. The van der Waals surface area contributed by atoms with Crippen LogP contribution >= 0.6 is 0 Å². The van der Waals surface area contributed by atoms with Crippen LogP contribution in [0, 0.1) is 0 Å². The van der Waals surface area contributed by atoms with E-state index in [-0.39, 0.29) is 11.8 Å². The number of rotatable bonds is 5. The van der Waals surface area contributed by atoms with Gasteiger partial charge in [0, 0.05) is 50.9 Å². The van der Waals surface area contributed by atoms with Crippen molar-refractivity contribution in [3.8, 4) is 0 Å². The molecule has 2 fully saturated rings. The summed E-state index contributed by atoms with van der Waals surface area (Å²) in [7, 11) is 0. The second-order valence-electron chi connectivity index (χ2n) is 7.89. The summed E-state index contributed by atoms with van der Waals surface area (Å²) in [5, 5.41) is 8.23. The number of hydrogen-bond acceptors (Lipinski definition) is 7. The summed E-state index contributed by atoms with van der Waals surface area (Å²) >= 11 is 0. The average Bonchev–Trinajstić information content (AvgIpc) is 3.26. The van der Waals surface area contributed by atoms with Crippen LogP contribution in [0.3, 0.4) is 0 Å². The van der Waals surface area contributed by atoms with Gasteiger partial charge < -0.3 is 23.9 Å². The minimum atomic E-state index is 0.164. The highest BCUT2D eigenvalue weighted by molar-refractivity contribution is 5.79. The quantitative estimate of drug-likeness (QED) is 0.760. The topological polar surface area (TPSA) is 74.9 Å². The lowest BCUT2D eigenvalue weighted by Crippen LogP contribution is -2.49. The molecule has 156 valence electrons. The van der Waals surface area contributed by atoms with Crippen LogP contribution in [-0.2, 0) is 16.0 Å². The molecule has 8 nitrogen and oxygen atoms in total. The third-order valence-corrected chi connectivity index (χ3v) is 5.49. The summed E-state index contributed by atoms with van der Waals surface area (Å²) < 4.78 is 11.1. The summed E-state index contributed by atoms with van der Waals surface area (Å²) in [6, 6.07) is 8.89. The van der Waals surface area contributed by atoms with Gasteiger partial charge in [-0.2, -0.15) is 0 Å². The Morgan fingerprint density at radius 1 is 0.966 bits per heavy atom. The van der Waals surface area contributed by atoms with Gasteiger partial charge in [-0.05, 0) is 17.7 Å². The van der Waals surface area contributed by atoms with Crippen molar-refractivity contribution in [2.75, 3.05) is 62.3 Å². The number of anilines is 2. The molecule has 1 aromatic carbocycles. The predicted molar refractivity (Wildman–Crippen MR) is 110 cm³/mol. The normalized spacial score (nSPS) is 17.8. The molecule has 0 saturated carbocycles. The van der Waals surface area contributed by atoms with E-state index in [1.54, 1.807) is 0 Å². The van der Waals surface area contributed by atoms with Gasteiger partial charge in [0.15, 0.2) is 0 Å². The number of hydrogen-bond donors (Lipinski definition) is 0. The Hall–Kier alpha value is -2.61. The molecule has 0 atom stereocenters. The van der Waals surface area contributed by atoms with Crippen molar-refractivity contribution in [1.29, 1.82) is 0 Å². The summed E-state index contributed by atoms with van der Waals surface area (Å²) in [5.74, 6) is 1.03. The van der Waals surface area contributed by atoms with Crippen molar-refractivity contribution in [3.05, 3.63) is 35.7 Å². The lowest BCUT2D eigenvalue weighted by Gasteiger charge is -2.33. The highest BCUT2D eigenvalue weighted by Gasteiger charge is 2.24. The molecule has 29 heavy (non-hydrogen) atoms. The number of carbonyl (C=O) groups excluding carboxylic acids is 1. The van der Waals surface area contributed by atoms with Crippen molar-refractivity contribution >= 4 is 17.6 Å². The third-order valence-electron chi connectivity index (χ3n) is 5.49. The molecule has 0 spiro atoms. The van der Waals surface area contributed by atoms with E-state index in [1.165, 1.54) is 5.69 Å². The number of benzene rings is 1. The van der Waals surface area contributed by atoms with Gasteiger partial charge in [-0.15, -0.1) is 5.10 Å². The summed E-state index contributed by atoms with van der Waals surface area (Å²) in [5.41, 5.74) is 2.24. The molecular weight excluding hydrogens is 370 g/mol. The lowest BCUT2D eigenvalue weighted by molar-refractivity contribution is -0.130. The molecule has 0 bridgehead atoms. The Morgan fingerprint density at radius 3 is 2.28 bits per heavy atom. The highest BCUT2D eigenvalue weighted by atomic mass is 16.5. The minimum absolute atomic E-state index is 0.164. The zero-order chi connectivity index (χ0) is 20.2. The van der Waals surface area contributed by atoms with Crippen LogP contribution in [0.25, 0.3) is 0 Å². The van der Waals surface area contributed by atoms with E-state index >= 15 is 0 Å². The number of piperazine rings is 1. The fraction of sp³-hybridized carbons (Fsp3) is 0.571. The SMILES string of the molecule is CC(C)c1nnc(N2CCN(C(=O)Cc3ccc(N4CCOCC4)cc3)CC2)o1. The molecule has 3 heterocycles. The van der Waals surface area contributed by atoms with Gasteiger partial charge in [-0.3, -0.25) is 4.79 Å². The summed E-state index contributed by atoms with van der Waals surface area (Å²) in [6.45, 7) is 10.2. The molecule has 2 saturated heterocycles. The maximum atomic E-state index is 12.7. The molecule has 8 heteroatoms. The molecule has 4 rings (SSSR count). The maximum absolute atomic E-state index is 12.7. The Bertz CT molecular complexity index is 806. The van der Waals surface area contributed by atoms with Gasteiger partial charge in [-0.25, -0.2) is 0 Å². The van der Waals surface area contributed by atoms with E-state index in [0.717, 1.165) is 31.9 Å². The van der Waals surface area contributed by atoms with Gasteiger partial charge in [0.2, 0.25) is 11.8 Å². The molecule has 2 aromatic rings. The van der Waals surface area contributed by atoms with Crippen LogP contribution in [0.1, 0.15) is 31.2 Å². The number of nitrogens with zero attached hydrogens (tertiary/aromatic N) is 5. The molecule has 2 aliphatic rings. The molecule has 0 unspecified atom stereocenters. The third kappa shape index (κ3) is 4.70. The first-order chi connectivity index (χ1) is 14.1. The van der Waals surface area contributed by atoms with Crippen LogP contribution in [0.5, 0.6) is 0 Å². The molecular formula is C21H29N5O3. The lowest BCUT2D eigenvalue weighted by atomic mass is 10.1. The smallest absolute Gasteiger partial charge is 0.318 e. The maximum Gasteiger partial charge on any atom is 0.318 e. The fourth-order valence-electron chi connectivity index (χ4n) is 3.67. The van der Waals surface area contributed by atoms with Gasteiger partial charge in [0.1, 0.15) is 0 Å². The van der Waals surface area contributed by atoms with E-state index < -0.39 is 0 Å². The van der Waals surface area contributed by atoms with Crippen LogP contribution in [-0.4, -0.2) is 73.5 Å². The van der Waals surface area contributed by atoms with E-state index in [9.17, 15) is 4.79 Å². The van der Waals surface area contributed by atoms with Gasteiger partial charge in [0.05, 0.1) is 19.6 Å². The Morgan fingerprint density at radius 2 is 1.66 bits per heavy atom. The summed E-state index contributed by atoms with van der Waals surface area (Å²) in [6.07, 6.45) is 0.432. The fourth-order valence-corrected chi connectivity index (χ4v) is 3.67. The Balaban J connectivity index is 1.28. The molecule has 2 aliphatic heterocycles. The second-order valence-corrected chi connectivity index (χ2v) is 7.89. The van der Waals surface area contributed by atoms with Gasteiger partial charge in [-0.1, -0.05) is 31.1 Å². The second kappa shape index (κ2) is 8.82. The van der Waals surface area contributed by atoms with Crippen LogP contribution in [0.2, 0.25) is 0 Å². The number of ether oxygens (including phenoxy) is 1. The van der Waals surface area contributed by atoms with Crippen molar-refractivity contribution in [1.82, 2.24) is 15.1 Å². The predicted octanol–water partition coefficient (Wildman–Crippen LogP) is 1.92. The molecule has 0 radical (unpaired) electrons. The number of carbonyl (C=O) groups is 1. The zero-order valence-electron chi connectivity index (χ0n) is 17.2. The van der Waals surface area contributed by atoms with Crippen molar-refractivity contribution in [3.63, 3.8) is 0 Å². The van der Waals surface area contributed by atoms with Gasteiger partial charge >= 0.3 is 6.01 Å². The molecule has 0 N–H and O–H groups in total. The molecule has 0 aliphatic carbocycles. The largest absolute Gasteiger partial charge is 0.408 e. The Kier molecular flexibility index (Phi) is 5.99. The van der Waals surface area contributed by atoms with E-state index in [1.807, 2.05) is 18.7 Å². The standard InChI is InChI=1S/C21H29N5O3/c1-16(2)20-22-23-21(29-20)26-9-7-25(8-10-26)19(27)15-17-3-5-18(6-4-17)24-11-13-28-14-12-24/h3-6,16H,7-15H2,1-2H3.